The molecule has 20 heavy (non-hydrogen) atoms. The third kappa shape index (κ3) is 2.07. The van der Waals surface area contributed by atoms with Gasteiger partial charge in [0.1, 0.15) is 5.56 Å². The standard InChI is InChI=1S/C16H21NO3/c1-9-5-10(2)17(15(18)14(9)16(19)20)8-13-7-11-3-4-12(13)6-11/h5,11-13H,3-4,6-8H2,1-2H3,(H,19,20). The van der Waals surface area contributed by atoms with Crippen LogP contribution >= 0.6 is 0 Å². The Hall–Kier alpha value is -1.58. The maximum Gasteiger partial charge on any atom is 0.341 e. The van der Waals surface area contributed by atoms with Crippen LogP contribution in [0.25, 0.3) is 0 Å². The lowest BCUT2D eigenvalue weighted by atomic mass is 9.88. The average molecular weight is 275 g/mol. The lowest BCUT2D eigenvalue weighted by Gasteiger charge is -2.24. The summed E-state index contributed by atoms with van der Waals surface area (Å²) in [6.45, 7) is 4.28. The highest BCUT2D eigenvalue weighted by Crippen LogP contribution is 2.48. The molecular formula is C16H21NO3. The van der Waals surface area contributed by atoms with Gasteiger partial charge in [-0.25, -0.2) is 4.79 Å². The first-order chi connectivity index (χ1) is 9.47. The van der Waals surface area contributed by atoms with Gasteiger partial charge in [0.15, 0.2) is 0 Å². The van der Waals surface area contributed by atoms with E-state index in [0.29, 0.717) is 18.0 Å². The van der Waals surface area contributed by atoms with Crippen molar-refractivity contribution in [3.8, 4) is 0 Å². The van der Waals surface area contributed by atoms with E-state index in [9.17, 15) is 14.7 Å². The molecule has 0 saturated heterocycles. The molecule has 108 valence electrons. The minimum atomic E-state index is -1.12. The molecule has 0 radical (unpaired) electrons. The van der Waals surface area contributed by atoms with Crippen LogP contribution < -0.4 is 5.56 Å². The van der Waals surface area contributed by atoms with Crippen LogP contribution in [0.5, 0.6) is 0 Å². The Kier molecular flexibility index (Phi) is 3.19. The zero-order valence-electron chi connectivity index (χ0n) is 12.1. The summed E-state index contributed by atoms with van der Waals surface area (Å²) >= 11 is 0. The fourth-order valence-corrected chi connectivity index (χ4v) is 4.25. The molecule has 4 nitrogen and oxygen atoms in total. The number of aryl methyl sites for hydroxylation is 2. The molecule has 2 aliphatic rings. The first-order valence-corrected chi connectivity index (χ1v) is 7.41. The van der Waals surface area contributed by atoms with Gasteiger partial charge in [0.05, 0.1) is 0 Å². The molecule has 0 amide bonds. The van der Waals surface area contributed by atoms with E-state index in [-0.39, 0.29) is 11.1 Å². The number of aromatic nitrogens is 1. The van der Waals surface area contributed by atoms with Crippen molar-refractivity contribution >= 4 is 5.97 Å². The maximum absolute atomic E-state index is 12.4. The van der Waals surface area contributed by atoms with Crippen LogP contribution in [0.2, 0.25) is 0 Å². The fraction of sp³-hybridized carbons (Fsp3) is 0.625. The summed E-state index contributed by atoms with van der Waals surface area (Å²) in [7, 11) is 0. The summed E-state index contributed by atoms with van der Waals surface area (Å²) in [5.74, 6) is 1.01. The van der Waals surface area contributed by atoms with Crippen molar-refractivity contribution in [1.29, 1.82) is 0 Å². The third-order valence-electron chi connectivity index (χ3n) is 5.22. The smallest absolute Gasteiger partial charge is 0.341 e. The number of aromatic carboxylic acids is 1. The number of hydrogen-bond acceptors (Lipinski definition) is 2. The monoisotopic (exact) mass is 275 g/mol. The molecular weight excluding hydrogens is 254 g/mol. The Morgan fingerprint density at radius 3 is 2.65 bits per heavy atom. The number of rotatable bonds is 3. The van der Waals surface area contributed by atoms with Gasteiger partial charge >= 0.3 is 5.97 Å². The van der Waals surface area contributed by atoms with Crippen molar-refractivity contribution in [2.45, 2.75) is 46.1 Å². The molecule has 3 rings (SSSR count). The van der Waals surface area contributed by atoms with Gasteiger partial charge in [-0.2, -0.15) is 0 Å². The van der Waals surface area contributed by atoms with E-state index in [4.69, 9.17) is 0 Å². The van der Waals surface area contributed by atoms with E-state index in [2.05, 4.69) is 0 Å². The van der Waals surface area contributed by atoms with E-state index >= 15 is 0 Å². The molecule has 2 saturated carbocycles. The number of hydrogen-bond donors (Lipinski definition) is 1. The van der Waals surface area contributed by atoms with E-state index in [1.54, 1.807) is 11.5 Å². The average Bonchev–Trinajstić information content (AvgIpc) is 2.95. The molecule has 2 bridgehead atoms. The Morgan fingerprint density at radius 1 is 1.35 bits per heavy atom. The Morgan fingerprint density at radius 2 is 2.10 bits per heavy atom. The lowest BCUT2D eigenvalue weighted by Crippen LogP contribution is -2.32. The molecule has 0 aromatic carbocycles. The minimum absolute atomic E-state index is 0.0706. The van der Waals surface area contributed by atoms with Crippen LogP contribution in [-0.2, 0) is 6.54 Å². The molecule has 4 heteroatoms. The van der Waals surface area contributed by atoms with Gasteiger partial charge in [-0.15, -0.1) is 0 Å². The van der Waals surface area contributed by atoms with E-state index < -0.39 is 5.97 Å². The third-order valence-corrected chi connectivity index (χ3v) is 5.22. The lowest BCUT2D eigenvalue weighted by molar-refractivity contribution is 0.0693. The minimum Gasteiger partial charge on any atom is -0.477 e. The van der Waals surface area contributed by atoms with Crippen molar-refractivity contribution < 1.29 is 9.90 Å². The molecule has 1 aromatic heterocycles. The highest BCUT2D eigenvalue weighted by atomic mass is 16.4. The van der Waals surface area contributed by atoms with Gasteiger partial charge in [0.25, 0.3) is 5.56 Å². The first-order valence-electron chi connectivity index (χ1n) is 7.41. The van der Waals surface area contributed by atoms with Crippen LogP contribution in [0.3, 0.4) is 0 Å². The van der Waals surface area contributed by atoms with Gasteiger partial charge in [0, 0.05) is 12.2 Å². The van der Waals surface area contributed by atoms with Crippen LogP contribution in [0.15, 0.2) is 10.9 Å². The Bertz CT molecular complexity index is 617. The van der Waals surface area contributed by atoms with Crippen LogP contribution in [0, 0.1) is 31.6 Å². The molecule has 1 N–H and O–H groups in total. The summed E-state index contributed by atoms with van der Waals surface area (Å²) in [5, 5.41) is 9.21. The predicted molar refractivity (Wildman–Crippen MR) is 76.1 cm³/mol. The van der Waals surface area contributed by atoms with Crippen molar-refractivity contribution in [2.24, 2.45) is 17.8 Å². The van der Waals surface area contributed by atoms with E-state index in [1.165, 1.54) is 25.7 Å². The topological polar surface area (TPSA) is 59.3 Å². The predicted octanol–water partition coefficient (Wildman–Crippen LogP) is 2.60. The number of pyridine rings is 1. The van der Waals surface area contributed by atoms with Gasteiger partial charge in [-0.1, -0.05) is 6.42 Å². The highest BCUT2D eigenvalue weighted by Gasteiger charge is 2.39. The molecule has 0 spiro atoms. The molecule has 2 fully saturated rings. The van der Waals surface area contributed by atoms with Gasteiger partial charge in [0.2, 0.25) is 0 Å². The summed E-state index contributed by atoms with van der Waals surface area (Å²) in [6, 6.07) is 1.82. The first kappa shape index (κ1) is 13.4. The van der Waals surface area contributed by atoms with E-state index in [1.807, 2.05) is 13.0 Å². The Labute approximate surface area is 118 Å². The van der Waals surface area contributed by atoms with Gasteiger partial charge < -0.3 is 9.67 Å². The second kappa shape index (κ2) is 4.76. The number of nitrogens with zero attached hydrogens (tertiary/aromatic N) is 1. The van der Waals surface area contributed by atoms with E-state index in [0.717, 1.165) is 17.5 Å². The summed E-state index contributed by atoms with van der Waals surface area (Å²) < 4.78 is 1.68. The second-order valence-electron chi connectivity index (χ2n) is 6.50. The quantitative estimate of drug-likeness (QED) is 0.922. The van der Waals surface area contributed by atoms with Gasteiger partial charge in [-0.05, 0) is 62.5 Å². The van der Waals surface area contributed by atoms with Crippen LogP contribution in [0.4, 0.5) is 0 Å². The Balaban J connectivity index is 1.95. The van der Waals surface area contributed by atoms with Gasteiger partial charge in [-0.3, -0.25) is 4.79 Å². The SMILES string of the molecule is Cc1cc(C)n(CC2CC3CCC2C3)c(=O)c1C(=O)O. The number of carbonyl (C=O) groups is 1. The number of carboxylic acids is 1. The largest absolute Gasteiger partial charge is 0.477 e. The number of fused-ring (bicyclic) bond motifs is 2. The molecule has 1 heterocycles. The molecule has 0 aliphatic heterocycles. The molecule has 3 unspecified atom stereocenters. The van der Waals surface area contributed by atoms with Crippen molar-refractivity contribution in [3.05, 3.63) is 33.2 Å². The van der Waals surface area contributed by atoms with Crippen molar-refractivity contribution in [1.82, 2.24) is 4.57 Å². The summed E-state index contributed by atoms with van der Waals surface area (Å²) in [6.07, 6.45) is 5.12. The highest BCUT2D eigenvalue weighted by molar-refractivity contribution is 5.88. The van der Waals surface area contributed by atoms with Crippen molar-refractivity contribution in [2.75, 3.05) is 0 Å². The zero-order valence-corrected chi connectivity index (χ0v) is 12.1. The molecule has 1 aromatic rings. The van der Waals surface area contributed by atoms with Crippen LogP contribution in [0.1, 0.15) is 47.3 Å². The zero-order chi connectivity index (χ0) is 14.4. The molecule has 2 aliphatic carbocycles. The summed E-state index contributed by atoms with van der Waals surface area (Å²) in [5.41, 5.74) is 1.03. The normalized spacial score (nSPS) is 28.0. The van der Waals surface area contributed by atoms with Crippen LogP contribution in [-0.4, -0.2) is 15.6 Å². The number of carboxylic acid groups (broad SMARTS) is 1. The van der Waals surface area contributed by atoms with Crippen molar-refractivity contribution in [3.63, 3.8) is 0 Å². The summed E-state index contributed by atoms with van der Waals surface area (Å²) in [4.78, 5) is 23.7. The second-order valence-corrected chi connectivity index (χ2v) is 6.50. The fourth-order valence-electron chi connectivity index (χ4n) is 4.25. The molecule has 3 atom stereocenters. The maximum atomic E-state index is 12.4.